The molecule has 1 aliphatic rings. The lowest BCUT2D eigenvalue weighted by atomic mass is 10.1. The molecule has 1 aliphatic heterocycles. The van der Waals surface area contributed by atoms with Crippen LogP contribution < -0.4 is 27.8 Å². The molecular weight excluding hydrogens is 456 g/mol. The third-order valence-electron chi connectivity index (χ3n) is 5.16. The van der Waals surface area contributed by atoms with Gasteiger partial charge in [-0.1, -0.05) is 0 Å². The monoisotopic (exact) mass is 486 g/mol. The molecule has 15 heteroatoms. The van der Waals surface area contributed by atoms with Crippen molar-refractivity contribution in [2.75, 3.05) is 6.54 Å². The molecule has 0 bridgehead atoms. The maximum absolute atomic E-state index is 13.1. The second kappa shape index (κ2) is 13.1. The number of nitrogens with zero attached hydrogens (tertiary/aromatic N) is 1. The Morgan fingerprint density at radius 1 is 0.912 bits per heavy atom. The van der Waals surface area contributed by atoms with E-state index in [9.17, 15) is 38.7 Å². The Morgan fingerprint density at radius 3 is 2.09 bits per heavy atom. The molecule has 0 aromatic carbocycles. The first kappa shape index (κ1) is 28.3. The maximum Gasteiger partial charge on any atom is 0.326 e. The minimum absolute atomic E-state index is 0.110. The van der Waals surface area contributed by atoms with Crippen LogP contribution in [0.25, 0.3) is 0 Å². The van der Waals surface area contributed by atoms with Crippen molar-refractivity contribution in [3.8, 4) is 0 Å². The third kappa shape index (κ3) is 9.01. The van der Waals surface area contributed by atoms with E-state index in [1.807, 2.05) is 0 Å². The zero-order valence-corrected chi connectivity index (χ0v) is 18.4. The molecule has 0 aromatic rings. The van der Waals surface area contributed by atoms with E-state index < -0.39 is 72.1 Å². The van der Waals surface area contributed by atoms with Gasteiger partial charge >= 0.3 is 11.9 Å². The van der Waals surface area contributed by atoms with Crippen LogP contribution in [0.3, 0.4) is 0 Å². The highest BCUT2D eigenvalue weighted by atomic mass is 16.4. The highest BCUT2D eigenvalue weighted by Crippen LogP contribution is 2.20. The number of carboxylic acid groups (broad SMARTS) is 2. The minimum Gasteiger partial charge on any atom is -0.481 e. The van der Waals surface area contributed by atoms with E-state index in [2.05, 4.69) is 10.6 Å². The van der Waals surface area contributed by atoms with Gasteiger partial charge in [0.05, 0.1) is 12.5 Å². The lowest BCUT2D eigenvalue weighted by Gasteiger charge is -2.29. The topological polar surface area (TPSA) is 265 Å². The minimum atomic E-state index is -1.58. The SMILES string of the molecule is NC(=O)CCC(NC(=O)C(N)CCC(=O)O)C(=O)N1CCCC1C(=O)NC(CC(N)=O)C(=O)O. The van der Waals surface area contributed by atoms with Gasteiger partial charge in [-0.15, -0.1) is 0 Å². The molecule has 0 spiro atoms. The summed E-state index contributed by atoms with van der Waals surface area (Å²) < 4.78 is 0. The van der Waals surface area contributed by atoms with Crippen LogP contribution in [0.4, 0.5) is 0 Å². The zero-order valence-electron chi connectivity index (χ0n) is 18.4. The summed E-state index contributed by atoms with van der Waals surface area (Å²) in [5, 5.41) is 22.5. The lowest BCUT2D eigenvalue weighted by molar-refractivity contribution is -0.146. The first-order chi connectivity index (χ1) is 15.8. The van der Waals surface area contributed by atoms with Crippen LogP contribution >= 0.6 is 0 Å². The fraction of sp³-hybridized carbons (Fsp3) is 0.632. The van der Waals surface area contributed by atoms with Gasteiger partial charge in [0.1, 0.15) is 18.1 Å². The molecule has 15 nitrogen and oxygen atoms in total. The number of carbonyl (C=O) groups excluding carboxylic acids is 5. The molecule has 4 unspecified atom stereocenters. The molecule has 34 heavy (non-hydrogen) atoms. The highest BCUT2D eigenvalue weighted by molar-refractivity contribution is 5.95. The van der Waals surface area contributed by atoms with Gasteiger partial charge in [-0.2, -0.15) is 0 Å². The molecule has 1 heterocycles. The van der Waals surface area contributed by atoms with E-state index in [1.54, 1.807) is 0 Å². The molecule has 0 saturated carbocycles. The van der Waals surface area contributed by atoms with E-state index in [-0.39, 0.29) is 38.6 Å². The summed E-state index contributed by atoms with van der Waals surface area (Å²) in [7, 11) is 0. The van der Waals surface area contributed by atoms with Gasteiger partial charge in [0, 0.05) is 19.4 Å². The molecule has 1 saturated heterocycles. The summed E-state index contributed by atoms with van der Waals surface area (Å²) in [5.74, 6) is -6.69. The predicted octanol–water partition coefficient (Wildman–Crippen LogP) is -3.64. The Labute approximate surface area is 194 Å². The van der Waals surface area contributed by atoms with E-state index in [0.29, 0.717) is 6.42 Å². The van der Waals surface area contributed by atoms with Gasteiger partial charge in [-0.3, -0.25) is 28.8 Å². The molecule has 0 radical (unpaired) electrons. The Hall–Kier alpha value is -3.75. The van der Waals surface area contributed by atoms with Crippen molar-refractivity contribution in [3.63, 3.8) is 0 Å². The highest BCUT2D eigenvalue weighted by Gasteiger charge is 2.39. The number of aliphatic carboxylic acids is 2. The largest absolute Gasteiger partial charge is 0.481 e. The lowest BCUT2D eigenvalue weighted by Crippen LogP contribution is -2.57. The zero-order chi connectivity index (χ0) is 26.0. The Morgan fingerprint density at radius 2 is 1.56 bits per heavy atom. The summed E-state index contributed by atoms with van der Waals surface area (Å²) in [6.07, 6.45) is -1.10. The number of likely N-dealkylation sites (tertiary alicyclic amines) is 1. The molecule has 1 fully saturated rings. The normalized spacial score (nSPS) is 17.8. The van der Waals surface area contributed by atoms with Crippen molar-refractivity contribution < 1.29 is 43.8 Å². The number of nitrogens with one attached hydrogen (secondary N) is 2. The quantitative estimate of drug-likeness (QED) is 0.126. The molecule has 10 N–H and O–H groups in total. The fourth-order valence-corrected chi connectivity index (χ4v) is 3.41. The van der Waals surface area contributed by atoms with Crippen LogP contribution in [0.5, 0.6) is 0 Å². The van der Waals surface area contributed by atoms with Crippen molar-refractivity contribution in [2.24, 2.45) is 17.2 Å². The summed E-state index contributed by atoms with van der Waals surface area (Å²) >= 11 is 0. The van der Waals surface area contributed by atoms with Crippen molar-refractivity contribution in [2.45, 2.75) is 69.1 Å². The maximum atomic E-state index is 13.1. The molecule has 5 amide bonds. The first-order valence-electron chi connectivity index (χ1n) is 10.5. The average Bonchev–Trinajstić information content (AvgIpc) is 3.23. The summed E-state index contributed by atoms with van der Waals surface area (Å²) in [6, 6.07) is -5.19. The second-order valence-electron chi connectivity index (χ2n) is 7.86. The third-order valence-corrected chi connectivity index (χ3v) is 5.16. The van der Waals surface area contributed by atoms with Crippen molar-refractivity contribution in [1.29, 1.82) is 0 Å². The standard InChI is InChI=1S/C19H30N6O9/c20-9(3-6-15(28)29)16(30)23-10(4-5-13(21)26)18(32)25-7-1-2-12(25)17(31)24-11(19(33)34)8-14(22)27/h9-12H,1-8,20H2,(H2,21,26)(H2,22,27)(H,23,30)(H,24,31)(H,28,29)(H,33,34). The number of primary amides is 2. The van der Waals surface area contributed by atoms with Gasteiger partial charge < -0.3 is 42.9 Å². The van der Waals surface area contributed by atoms with Crippen molar-refractivity contribution in [1.82, 2.24) is 15.5 Å². The smallest absolute Gasteiger partial charge is 0.326 e. The Kier molecular flexibility index (Phi) is 10.9. The molecule has 1 rings (SSSR count). The Bertz CT molecular complexity index is 833. The second-order valence-corrected chi connectivity index (χ2v) is 7.86. The van der Waals surface area contributed by atoms with Gasteiger partial charge in [0.25, 0.3) is 0 Å². The van der Waals surface area contributed by atoms with E-state index in [1.165, 1.54) is 0 Å². The number of amides is 5. The number of nitrogens with two attached hydrogens (primary N) is 3. The van der Waals surface area contributed by atoms with E-state index >= 15 is 0 Å². The average molecular weight is 486 g/mol. The summed E-state index contributed by atoms with van der Waals surface area (Å²) in [5.41, 5.74) is 15.8. The number of hydrogen-bond donors (Lipinski definition) is 7. The van der Waals surface area contributed by atoms with Gasteiger partial charge in [0.2, 0.25) is 29.5 Å². The van der Waals surface area contributed by atoms with E-state index in [0.717, 1.165) is 4.90 Å². The van der Waals surface area contributed by atoms with Crippen LogP contribution in [0.1, 0.15) is 44.9 Å². The molecule has 0 aromatic heterocycles. The molecule has 190 valence electrons. The van der Waals surface area contributed by atoms with Gasteiger partial charge in [-0.25, -0.2) is 4.79 Å². The summed E-state index contributed by atoms with van der Waals surface area (Å²) in [6.45, 7) is 0.110. The van der Waals surface area contributed by atoms with Crippen LogP contribution in [-0.4, -0.2) is 87.3 Å². The Balaban J connectivity index is 2.97. The first-order valence-corrected chi connectivity index (χ1v) is 10.5. The number of carboxylic acids is 2. The molecule has 4 atom stereocenters. The fourth-order valence-electron chi connectivity index (χ4n) is 3.41. The number of carbonyl (C=O) groups is 7. The number of hydrogen-bond acceptors (Lipinski definition) is 8. The van der Waals surface area contributed by atoms with Crippen LogP contribution in [-0.2, 0) is 33.6 Å². The number of rotatable bonds is 14. The molecular formula is C19H30N6O9. The summed E-state index contributed by atoms with van der Waals surface area (Å²) in [4.78, 5) is 83.6. The van der Waals surface area contributed by atoms with Crippen LogP contribution in [0.15, 0.2) is 0 Å². The van der Waals surface area contributed by atoms with Crippen LogP contribution in [0, 0.1) is 0 Å². The van der Waals surface area contributed by atoms with E-state index in [4.69, 9.17) is 22.3 Å². The van der Waals surface area contributed by atoms with Crippen molar-refractivity contribution in [3.05, 3.63) is 0 Å². The van der Waals surface area contributed by atoms with Crippen LogP contribution in [0.2, 0.25) is 0 Å². The molecule has 0 aliphatic carbocycles. The van der Waals surface area contributed by atoms with Gasteiger partial charge in [-0.05, 0) is 25.7 Å². The predicted molar refractivity (Wildman–Crippen MR) is 113 cm³/mol. The van der Waals surface area contributed by atoms with Crippen molar-refractivity contribution >= 4 is 41.5 Å². The van der Waals surface area contributed by atoms with Gasteiger partial charge in [0.15, 0.2) is 0 Å².